The summed E-state index contributed by atoms with van der Waals surface area (Å²) < 4.78 is 0.538. The predicted octanol–water partition coefficient (Wildman–Crippen LogP) is 5.25. The molecule has 7 heteroatoms. The molecule has 19 heavy (non-hydrogen) atoms. The van der Waals surface area contributed by atoms with Gasteiger partial charge in [0.05, 0.1) is 24.2 Å². The molecule has 98 valence electrons. The van der Waals surface area contributed by atoms with E-state index in [2.05, 4.69) is 5.32 Å². The number of hydrogen-bond acceptors (Lipinski definition) is 3. The van der Waals surface area contributed by atoms with Gasteiger partial charge in [-0.15, -0.1) is 0 Å². The monoisotopic (exact) mass is 408 g/mol. The predicted molar refractivity (Wildman–Crippen MR) is 85.6 cm³/mol. The van der Waals surface area contributed by atoms with Crippen LogP contribution in [-0.4, -0.2) is 4.92 Å². The minimum atomic E-state index is -0.423. The molecule has 0 bridgehead atoms. The van der Waals surface area contributed by atoms with Gasteiger partial charge in [0.15, 0.2) is 0 Å². The Kier molecular flexibility index (Phi) is 4.49. The summed E-state index contributed by atoms with van der Waals surface area (Å²) in [5, 5.41) is 14.8. The summed E-state index contributed by atoms with van der Waals surface area (Å²) in [6, 6.07) is 9.89. The van der Waals surface area contributed by atoms with E-state index in [0.717, 1.165) is 0 Å². The van der Waals surface area contributed by atoms with Crippen LogP contribution in [0.5, 0.6) is 0 Å². The number of anilines is 2. The third kappa shape index (κ3) is 3.29. The van der Waals surface area contributed by atoms with Crippen LogP contribution in [0.3, 0.4) is 0 Å². The van der Waals surface area contributed by atoms with E-state index in [0.29, 0.717) is 25.0 Å². The van der Waals surface area contributed by atoms with Crippen molar-refractivity contribution in [2.45, 2.75) is 0 Å². The van der Waals surface area contributed by atoms with Crippen molar-refractivity contribution in [2.24, 2.45) is 0 Å². The van der Waals surface area contributed by atoms with Crippen LogP contribution in [0, 0.1) is 13.7 Å². The highest BCUT2D eigenvalue weighted by Gasteiger charge is 2.12. The molecule has 0 fully saturated rings. The Bertz CT molecular complexity index is 629. The van der Waals surface area contributed by atoms with E-state index < -0.39 is 4.92 Å². The van der Waals surface area contributed by atoms with E-state index in [-0.39, 0.29) is 5.69 Å². The molecule has 0 spiro atoms. The van der Waals surface area contributed by atoms with Gasteiger partial charge < -0.3 is 5.32 Å². The van der Waals surface area contributed by atoms with Gasteiger partial charge in [-0.05, 0) is 46.9 Å². The number of benzene rings is 2. The number of halogens is 3. The second kappa shape index (κ2) is 5.94. The quantitative estimate of drug-likeness (QED) is 0.428. The van der Waals surface area contributed by atoms with E-state index in [1.807, 2.05) is 22.6 Å². The molecule has 2 aromatic carbocycles. The molecule has 0 aliphatic carbocycles. The molecule has 0 radical (unpaired) electrons. The number of nitrogens with zero attached hydrogens (tertiary/aromatic N) is 1. The van der Waals surface area contributed by atoms with Crippen molar-refractivity contribution in [3.8, 4) is 0 Å². The first-order valence-corrected chi connectivity index (χ1v) is 6.97. The standard InChI is InChI=1S/C12H7Cl2IN2O2/c13-8-2-1-3-9(14)12(8)16-7-4-5-11(17(18)19)10(15)6-7/h1-6,16H. The maximum atomic E-state index is 10.7. The van der Waals surface area contributed by atoms with Gasteiger partial charge in [-0.25, -0.2) is 0 Å². The van der Waals surface area contributed by atoms with Crippen LogP contribution >= 0.6 is 45.8 Å². The minimum absolute atomic E-state index is 0.0661. The fourth-order valence-electron chi connectivity index (χ4n) is 1.49. The molecule has 0 unspecified atom stereocenters. The van der Waals surface area contributed by atoms with Gasteiger partial charge in [0.25, 0.3) is 5.69 Å². The molecule has 0 heterocycles. The Balaban J connectivity index is 2.34. The molecule has 0 amide bonds. The summed E-state index contributed by atoms with van der Waals surface area (Å²) in [6.45, 7) is 0. The Morgan fingerprint density at radius 1 is 1.16 bits per heavy atom. The van der Waals surface area contributed by atoms with E-state index in [1.54, 1.807) is 30.3 Å². The van der Waals surface area contributed by atoms with Crippen molar-refractivity contribution in [2.75, 3.05) is 5.32 Å². The van der Waals surface area contributed by atoms with Crippen LogP contribution in [-0.2, 0) is 0 Å². The molecule has 0 saturated carbocycles. The summed E-state index contributed by atoms with van der Waals surface area (Å²) in [7, 11) is 0. The van der Waals surface area contributed by atoms with Gasteiger partial charge in [-0.3, -0.25) is 10.1 Å². The minimum Gasteiger partial charge on any atom is -0.353 e. The highest BCUT2D eigenvalue weighted by molar-refractivity contribution is 14.1. The molecule has 1 N–H and O–H groups in total. The third-order valence-corrected chi connectivity index (χ3v) is 3.87. The molecule has 2 aromatic rings. The van der Waals surface area contributed by atoms with Crippen molar-refractivity contribution in [1.82, 2.24) is 0 Å². The molecule has 0 aromatic heterocycles. The van der Waals surface area contributed by atoms with Crippen molar-refractivity contribution in [3.63, 3.8) is 0 Å². The lowest BCUT2D eigenvalue weighted by molar-refractivity contribution is -0.385. The van der Waals surface area contributed by atoms with E-state index in [1.165, 1.54) is 6.07 Å². The Labute approximate surface area is 133 Å². The van der Waals surface area contributed by atoms with E-state index in [4.69, 9.17) is 23.2 Å². The second-order valence-electron chi connectivity index (χ2n) is 3.64. The second-order valence-corrected chi connectivity index (χ2v) is 5.62. The number of nitrogens with one attached hydrogen (secondary N) is 1. The summed E-state index contributed by atoms with van der Waals surface area (Å²) in [6.07, 6.45) is 0. The smallest absolute Gasteiger partial charge is 0.282 e. The maximum Gasteiger partial charge on any atom is 0.282 e. The zero-order chi connectivity index (χ0) is 14.0. The third-order valence-electron chi connectivity index (χ3n) is 2.38. The Morgan fingerprint density at radius 3 is 2.32 bits per heavy atom. The van der Waals surface area contributed by atoms with Gasteiger partial charge >= 0.3 is 0 Å². The summed E-state index contributed by atoms with van der Waals surface area (Å²) in [5.74, 6) is 0. The highest BCUT2D eigenvalue weighted by atomic mass is 127. The molecule has 0 aliphatic rings. The SMILES string of the molecule is O=[N+]([O-])c1ccc(Nc2c(Cl)cccc2Cl)cc1I. The summed E-state index contributed by atoms with van der Waals surface area (Å²) in [4.78, 5) is 10.3. The van der Waals surface area contributed by atoms with Crippen molar-refractivity contribution in [3.05, 3.63) is 60.1 Å². The summed E-state index contributed by atoms with van der Waals surface area (Å²) in [5.41, 5.74) is 1.33. The van der Waals surface area contributed by atoms with Crippen molar-refractivity contribution < 1.29 is 4.92 Å². The lowest BCUT2D eigenvalue weighted by atomic mass is 10.2. The van der Waals surface area contributed by atoms with Gasteiger partial charge in [-0.2, -0.15) is 0 Å². The molecule has 4 nitrogen and oxygen atoms in total. The van der Waals surface area contributed by atoms with E-state index >= 15 is 0 Å². The zero-order valence-corrected chi connectivity index (χ0v) is 13.0. The van der Waals surface area contributed by atoms with Crippen LogP contribution < -0.4 is 5.32 Å². The summed E-state index contributed by atoms with van der Waals surface area (Å²) >= 11 is 14.0. The number of nitro benzene ring substituents is 1. The molecule has 2 rings (SSSR count). The normalized spacial score (nSPS) is 10.3. The lowest BCUT2D eigenvalue weighted by Gasteiger charge is -2.10. The van der Waals surface area contributed by atoms with Crippen molar-refractivity contribution >= 4 is 62.9 Å². The first-order valence-electron chi connectivity index (χ1n) is 5.14. The number of para-hydroxylation sites is 1. The first-order chi connectivity index (χ1) is 8.99. The maximum absolute atomic E-state index is 10.7. The number of hydrogen-bond donors (Lipinski definition) is 1. The average Bonchev–Trinajstić information content (AvgIpc) is 2.33. The molecular formula is C12H7Cl2IN2O2. The van der Waals surface area contributed by atoms with Crippen molar-refractivity contribution in [1.29, 1.82) is 0 Å². The van der Waals surface area contributed by atoms with E-state index in [9.17, 15) is 10.1 Å². The van der Waals surface area contributed by atoms with Crippen LogP contribution in [0.2, 0.25) is 10.0 Å². The number of nitro groups is 1. The first kappa shape index (κ1) is 14.4. The van der Waals surface area contributed by atoms with Crippen LogP contribution in [0.25, 0.3) is 0 Å². The molecule has 0 saturated heterocycles. The Morgan fingerprint density at radius 2 is 1.79 bits per heavy atom. The molecular weight excluding hydrogens is 402 g/mol. The fraction of sp³-hybridized carbons (Fsp3) is 0. The fourth-order valence-corrected chi connectivity index (χ4v) is 2.70. The number of rotatable bonds is 3. The molecule has 0 aliphatic heterocycles. The average molecular weight is 409 g/mol. The van der Waals surface area contributed by atoms with Gasteiger partial charge in [-0.1, -0.05) is 29.3 Å². The van der Waals surface area contributed by atoms with Crippen LogP contribution in [0.1, 0.15) is 0 Å². The van der Waals surface area contributed by atoms with Gasteiger partial charge in [0.2, 0.25) is 0 Å². The molecule has 0 atom stereocenters. The largest absolute Gasteiger partial charge is 0.353 e. The van der Waals surface area contributed by atoms with Gasteiger partial charge in [0.1, 0.15) is 0 Å². The van der Waals surface area contributed by atoms with Crippen LogP contribution in [0.15, 0.2) is 36.4 Å². The topological polar surface area (TPSA) is 55.2 Å². The van der Waals surface area contributed by atoms with Gasteiger partial charge in [0, 0.05) is 11.8 Å². The Hall–Kier alpha value is -1.05. The lowest BCUT2D eigenvalue weighted by Crippen LogP contribution is -1.96. The highest BCUT2D eigenvalue weighted by Crippen LogP contribution is 2.33. The van der Waals surface area contributed by atoms with Crippen LogP contribution in [0.4, 0.5) is 17.1 Å². The zero-order valence-electron chi connectivity index (χ0n) is 9.36.